The molecule has 2 unspecified atom stereocenters. The van der Waals surface area contributed by atoms with Crippen LogP contribution in [0.15, 0.2) is 0 Å². The summed E-state index contributed by atoms with van der Waals surface area (Å²) in [6, 6.07) is 0. The van der Waals surface area contributed by atoms with Crippen molar-refractivity contribution in [3.8, 4) is 0 Å². The molecule has 0 amide bonds. The fourth-order valence-electron chi connectivity index (χ4n) is 11.8. The Morgan fingerprint density at radius 2 is 0.479 bits per heavy atom. The molecule has 0 radical (unpaired) electrons. The van der Waals surface area contributed by atoms with Crippen molar-refractivity contribution in [2.75, 3.05) is 39.6 Å². The van der Waals surface area contributed by atoms with E-state index in [2.05, 4.69) is 48.5 Å². The van der Waals surface area contributed by atoms with E-state index in [1.165, 1.54) is 199 Å². The third-order valence-electron chi connectivity index (χ3n) is 17.9. The molecule has 0 fully saturated rings. The molecule has 0 rings (SSSR count). The molecule has 19 heteroatoms. The first kappa shape index (κ1) is 94.1. The van der Waals surface area contributed by atoms with Gasteiger partial charge in [-0.25, -0.2) is 9.13 Å². The van der Waals surface area contributed by atoms with Gasteiger partial charge in [-0.1, -0.05) is 344 Å². The van der Waals surface area contributed by atoms with E-state index in [1.807, 2.05) is 0 Å². The molecule has 96 heavy (non-hydrogen) atoms. The average Bonchev–Trinajstić information content (AvgIpc) is 1.08. The monoisotopic (exact) mass is 1410 g/mol. The molecule has 0 bridgehead atoms. The van der Waals surface area contributed by atoms with Crippen LogP contribution >= 0.6 is 15.6 Å². The number of aliphatic hydroxyl groups excluding tert-OH is 1. The Kier molecular flexibility index (Phi) is 66.2. The highest BCUT2D eigenvalue weighted by Gasteiger charge is 2.30. The average molecular weight is 1410 g/mol. The van der Waals surface area contributed by atoms with E-state index >= 15 is 0 Å². The number of phosphoric ester groups is 2. The van der Waals surface area contributed by atoms with E-state index in [0.29, 0.717) is 25.7 Å². The molecule has 570 valence electrons. The third-order valence-corrected chi connectivity index (χ3v) is 19.8. The van der Waals surface area contributed by atoms with Crippen molar-refractivity contribution in [3.63, 3.8) is 0 Å². The van der Waals surface area contributed by atoms with Crippen molar-refractivity contribution in [1.29, 1.82) is 0 Å². The van der Waals surface area contributed by atoms with E-state index in [0.717, 1.165) is 114 Å². The lowest BCUT2D eigenvalue weighted by molar-refractivity contribution is -0.161. The summed E-state index contributed by atoms with van der Waals surface area (Å²) in [4.78, 5) is 72.6. The van der Waals surface area contributed by atoms with Crippen molar-refractivity contribution >= 4 is 39.5 Å². The molecule has 0 aliphatic heterocycles. The predicted molar refractivity (Wildman–Crippen MR) is 391 cm³/mol. The lowest BCUT2D eigenvalue weighted by Crippen LogP contribution is -2.30. The van der Waals surface area contributed by atoms with Crippen LogP contribution in [0.25, 0.3) is 0 Å². The van der Waals surface area contributed by atoms with Gasteiger partial charge in [-0.3, -0.25) is 37.3 Å². The third kappa shape index (κ3) is 70.5. The van der Waals surface area contributed by atoms with Crippen LogP contribution in [-0.4, -0.2) is 96.7 Å². The lowest BCUT2D eigenvalue weighted by atomic mass is 10.0. The van der Waals surface area contributed by atoms with Crippen LogP contribution in [0.1, 0.15) is 395 Å². The van der Waals surface area contributed by atoms with E-state index in [9.17, 15) is 43.2 Å². The van der Waals surface area contributed by atoms with Crippen LogP contribution in [-0.2, 0) is 65.4 Å². The van der Waals surface area contributed by atoms with Gasteiger partial charge in [0.2, 0.25) is 0 Å². The van der Waals surface area contributed by atoms with Crippen LogP contribution in [0.5, 0.6) is 0 Å². The number of aliphatic hydroxyl groups is 1. The molecule has 17 nitrogen and oxygen atoms in total. The van der Waals surface area contributed by atoms with Gasteiger partial charge in [0.15, 0.2) is 12.2 Å². The maximum absolute atomic E-state index is 13.1. The quantitative estimate of drug-likeness (QED) is 0.0222. The Hall–Kier alpha value is -1.94. The van der Waals surface area contributed by atoms with Crippen molar-refractivity contribution in [2.45, 2.75) is 414 Å². The molecule has 0 aromatic rings. The number of hydrogen-bond donors (Lipinski definition) is 3. The molecule has 0 aromatic carbocycles. The zero-order valence-corrected chi connectivity index (χ0v) is 64.6. The highest BCUT2D eigenvalue weighted by Crippen LogP contribution is 2.45. The first-order chi connectivity index (χ1) is 46.2. The first-order valence-corrected chi connectivity index (χ1v) is 42.8. The second-order valence-corrected chi connectivity index (χ2v) is 32.1. The van der Waals surface area contributed by atoms with Crippen molar-refractivity contribution < 1.29 is 80.2 Å². The molecular weight excluding hydrogens is 1260 g/mol. The van der Waals surface area contributed by atoms with Gasteiger partial charge >= 0.3 is 39.5 Å². The maximum atomic E-state index is 13.1. The number of phosphoric acid groups is 2. The minimum absolute atomic E-state index is 0.106. The number of unbranched alkanes of at least 4 members (excludes halogenated alkanes) is 43. The maximum Gasteiger partial charge on any atom is 0.472 e. The van der Waals surface area contributed by atoms with Gasteiger partial charge in [0, 0.05) is 25.7 Å². The topological polar surface area (TPSA) is 237 Å². The first-order valence-electron chi connectivity index (χ1n) is 39.8. The van der Waals surface area contributed by atoms with E-state index in [4.69, 9.17) is 37.0 Å². The summed E-state index contributed by atoms with van der Waals surface area (Å²) in [5.74, 6) is 0.263. The number of ether oxygens (including phenoxy) is 4. The molecule has 0 aromatic heterocycles. The molecule has 0 saturated heterocycles. The lowest BCUT2D eigenvalue weighted by Gasteiger charge is -2.21. The summed E-state index contributed by atoms with van der Waals surface area (Å²) in [5.41, 5.74) is 0. The summed E-state index contributed by atoms with van der Waals surface area (Å²) in [6.45, 7) is 11.9. The number of esters is 4. The van der Waals surface area contributed by atoms with E-state index < -0.39 is 97.5 Å². The Morgan fingerprint density at radius 1 is 0.281 bits per heavy atom. The van der Waals surface area contributed by atoms with Crippen LogP contribution in [0.4, 0.5) is 0 Å². The van der Waals surface area contributed by atoms with Crippen molar-refractivity contribution in [3.05, 3.63) is 0 Å². The predicted octanol–water partition coefficient (Wildman–Crippen LogP) is 22.6. The zero-order valence-electron chi connectivity index (χ0n) is 62.8. The highest BCUT2D eigenvalue weighted by atomic mass is 31.2. The minimum atomic E-state index is -4.96. The largest absolute Gasteiger partial charge is 0.472 e. The highest BCUT2D eigenvalue weighted by molar-refractivity contribution is 7.47. The van der Waals surface area contributed by atoms with Gasteiger partial charge in [0.25, 0.3) is 0 Å². The standard InChI is InChI=1S/C77H150O17P2/c1-8-9-10-41-51-58-74(79)87-64-72(93-76(81)60-53-46-39-33-27-21-15-12-18-24-30-36-43-49-56-69(4)5)66-91-95(83,84)89-62-71(78)63-90-96(85,86)92-67-73(94-77(82)61-54-47-40-34-28-22-16-13-19-25-31-37-44-50-57-70(6)7)65-88-75(80)59-52-45-38-32-26-20-14-11-17-23-29-35-42-48-55-68(2)3/h68-73,78H,8-67H2,1-7H3,(H,83,84)(H,85,86)/t71-,72+,73+/m0/s1. The second kappa shape index (κ2) is 67.5. The molecule has 0 spiro atoms. The number of carbonyl (C=O) groups is 4. The van der Waals surface area contributed by atoms with Crippen LogP contribution < -0.4 is 0 Å². The normalized spacial score (nSPS) is 14.1. The molecular formula is C77H150O17P2. The summed E-state index contributed by atoms with van der Waals surface area (Å²) in [6.07, 6.45) is 54.5. The zero-order chi connectivity index (χ0) is 70.9. The summed E-state index contributed by atoms with van der Waals surface area (Å²) in [7, 11) is -9.90. The molecule has 3 N–H and O–H groups in total. The molecule has 0 saturated carbocycles. The van der Waals surface area contributed by atoms with Crippen molar-refractivity contribution in [2.24, 2.45) is 17.8 Å². The van der Waals surface area contributed by atoms with E-state index in [1.54, 1.807) is 0 Å². The van der Waals surface area contributed by atoms with Crippen LogP contribution in [0.2, 0.25) is 0 Å². The smallest absolute Gasteiger partial charge is 0.462 e. The Morgan fingerprint density at radius 3 is 0.708 bits per heavy atom. The fourth-order valence-corrected chi connectivity index (χ4v) is 13.4. The van der Waals surface area contributed by atoms with Gasteiger partial charge in [-0.2, -0.15) is 0 Å². The van der Waals surface area contributed by atoms with E-state index in [-0.39, 0.29) is 25.7 Å². The summed E-state index contributed by atoms with van der Waals surface area (Å²) in [5, 5.41) is 10.6. The minimum Gasteiger partial charge on any atom is -0.462 e. The second-order valence-electron chi connectivity index (χ2n) is 29.2. The van der Waals surface area contributed by atoms with Crippen LogP contribution in [0.3, 0.4) is 0 Å². The van der Waals surface area contributed by atoms with Gasteiger partial charge in [0.1, 0.15) is 19.3 Å². The number of hydrogen-bond acceptors (Lipinski definition) is 15. The summed E-state index contributed by atoms with van der Waals surface area (Å²) < 4.78 is 68.4. The molecule has 0 aliphatic rings. The number of carbonyl (C=O) groups excluding carboxylic acids is 4. The van der Waals surface area contributed by atoms with Gasteiger partial charge in [0.05, 0.1) is 26.4 Å². The Labute approximate surface area is 588 Å². The van der Waals surface area contributed by atoms with Crippen LogP contribution in [0, 0.1) is 17.8 Å². The Balaban J connectivity index is 5.13. The van der Waals surface area contributed by atoms with Gasteiger partial charge in [-0.15, -0.1) is 0 Å². The SMILES string of the molecule is CCCCCCCC(=O)OC[C@H](COP(=O)(O)OC[C@H](O)COP(=O)(O)OC[C@@H](COC(=O)CCCCCCCCCCCCCCCCC(C)C)OC(=O)CCCCCCCCCCCCCCCCC(C)C)OC(=O)CCCCCCCCCCCCCCCCC(C)C. The van der Waals surface area contributed by atoms with Crippen molar-refractivity contribution in [1.82, 2.24) is 0 Å². The fraction of sp³-hybridized carbons (Fsp3) is 0.948. The number of rotatable bonds is 75. The molecule has 0 heterocycles. The van der Waals surface area contributed by atoms with Gasteiger partial charge < -0.3 is 33.8 Å². The molecule has 0 aliphatic carbocycles. The molecule has 5 atom stereocenters. The van der Waals surface area contributed by atoms with Gasteiger partial charge in [-0.05, 0) is 43.4 Å². The summed E-state index contributed by atoms with van der Waals surface area (Å²) >= 11 is 0. The Bertz CT molecular complexity index is 1870.